The van der Waals surface area contributed by atoms with E-state index in [0.717, 1.165) is 57.1 Å². The number of aliphatic hydroxyl groups is 1. The van der Waals surface area contributed by atoms with Gasteiger partial charge in [-0.2, -0.15) is 0 Å². The van der Waals surface area contributed by atoms with Crippen LogP contribution in [0.15, 0.2) is 24.3 Å². The number of hydrogen-bond acceptors (Lipinski definition) is 6. The van der Waals surface area contributed by atoms with Crippen LogP contribution in [0, 0.1) is 24.7 Å². The molecule has 2 rings (SSSR count). The van der Waals surface area contributed by atoms with E-state index in [1.54, 1.807) is 0 Å². The molecular weight excluding hydrogens is 508 g/mol. The monoisotopic (exact) mass is 566 g/mol. The van der Waals surface area contributed by atoms with E-state index < -0.39 is 10.8 Å². The number of benzene rings is 1. The molecule has 0 aromatic heterocycles. The van der Waals surface area contributed by atoms with Crippen molar-refractivity contribution < 1.29 is 14.1 Å². The SMILES string of the molecule is CO.Cc1ccc(CC(CS(=O)CCN(C)C)C(=O)NCCCNC(CCCC(C)C)C2CCNCC2)cc1. The first kappa shape index (κ1) is 35.7. The standard InChI is InChI=1S/C30H54N4O2S.CH4O/c1-24(2)8-6-9-29(27-14-18-31-19-15-27)32-16-7-17-33-30(35)28(23-37(36)21-20-34(4)5)22-26-12-10-25(3)11-13-26;1-2/h10-13,24,27-29,31-32H,6-9,14-23H2,1-5H3,(H,33,35);2H,1H3. The lowest BCUT2D eigenvalue weighted by molar-refractivity contribution is -0.124. The maximum absolute atomic E-state index is 13.2. The number of aliphatic hydroxyl groups excluding tert-OH is 1. The Morgan fingerprint density at radius 2 is 1.74 bits per heavy atom. The van der Waals surface area contributed by atoms with Crippen molar-refractivity contribution in [1.29, 1.82) is 0 Å². The molecule has 0 spiro atoms. The summed E-state index contributed by atoms with van der Waals surface area (Å²) >= 11 is 0. The second kappa shape index (κ2) is 21.4. The molecule has 8 heteroatoms. The fraction of sp³-hybridized carbons (Fsp3) is 0.774. The lowest BCUT2D eigenvalue weighted by Crippen LogP contribution is -2.43. The molecule has 1 amide bonds. The van der Waals surface area contributed by atoms with Gasteiger partial charge in [-0.05, 0) is 90.2 Å². The molecule has 1 aliphatic rings. The largest absolute Gasteiger partial charge is 0.400 e. The molecule has 1 aliphatic heterocycles. The molecule has 0 bridgehead atoms. The van der Waals surface area contributed by atoms with Gasteiger partial charge in [-0.25, -0.2) is 0 Å². The van der Waals surface area contributed by atoms with E-state index in [4.69, 9.17) is 5.11 Å². The third-order valence-corrected chi connectivity index (χ3v) is 8.85. The van der Waals surface area contributed by atoms with Crippen molar-refractivity contribution in [1.82, 2.24) is 20.9 Å². The molecular formula is C31H58N4O3S. The molecule has 3 unspecified atom stereocenters. The maximum atomic E-state index is 13.2. The summed E-state index contributed by atoms with van der Waals surface area (Å²) in [5, 5.41) is 17.5. The number of amides is 1. The number of hydrogen-bond donors (Lipinski definition) is 4. The van der Waals surface area contributed by atoms with E-state index in [2.05, 4.69) is 61.0 Å². The number of carbonyl (C=O) groups is 1. The Balaban J connectivity index is 0.00000371. The van der Waals surface area contributed by atoms with Crippen molar-refractivity contribution in [3.05, 3.63) is 35.4 Å². The quantitative estimate of drug-likeness (QED) is 0.204. The fourth-order valence-electron chi connectivity index (χ4n) is 5.06. The molecule has 7 nitrogen and oxygen atoms in total. The summed E-state index contributed by atoms with van der Waals surface area (Å²) in [6.07, 6.45) is 7.86. The van der Waals surface area contributed by atoms with Crippen molar-refractivity contribution in [2.45, 2.75) is 71.8 Å². The molecule has 0 aliphatic carbocycles. The molecule has 1 heterocycles. The van der Waals surface area contributed by atoms with Gasteiger partial charge >= 0.3 is 0 Å². The van der Waals surface area contributed by atoms with Crippen molar-refractivity contribution in [3.63, 3.8) is 0 Å². The van der Waals surface area contributed by atoms with Gasteiger partial charge in [-0.3, -0.25) is 9.00 Å². The maximum Gasteiger partial charge on any atom is 0.224 e. The lowest BCUT2D eigenvalue weighted by Gasteiger charge is -2.32. The Labute approximate surface area is 241 Å². The number of nitrogens with zero attached hydrogens (tertiary/aromatic N) is 1. The highest BCUT2D eigenvalue weighted by Crippen LogP contribution is 2.21. The van der Waals surface area contributed by atoms with E-state index in [1.165, 1.54) is 37.7 Å². The van der Waals surface area contributed by atoms with Gasteiger partial charge in [0, 0.05) is 48.5 Å². The first-order valence-corrected chi connectivity index (χ1v) is 16.4. The summed E-state index contributed by atoms with van der Waals surface area (Å²) in [7, 11) is 3.96. The van der Waals surface area contributed by atoms with Crippen LogP contribution in [0.2, 0.25) is 0 Å². The summed E-state index contributed by atoms with van der Waals surface area (Å²) in [5.74, 6) is 2.29. The minimum atomic E-state index is -1.01. The second-order valence-corrected chi connectivity index (χ2v) is 13.2. The molecule has 0 saturated carbocycles. The first-order valence-electron chi connectivity index (χ1n) is 15.0. The summed E-state index contributed by atoms with van der Waals surface area (Å²) in [5.41, 5.74) is 2.34. The molecule has 1 saturated heterocycles. The Bertz CT molecular complexity index is 783. The summed E-state index contributed by atoms with van der Waals surface area (Å²) in [6.45, 7) is 11.3. The van der Waals surface area contributed by atoms with Crippen molar-refractivity contribution >= 4 is 16.7 Å². The summed E-state index contributed by atoms with van der Waals surface area (Å²) in [6, 6.07) is 8.91. The van der Waals surface area contributed by atoms with Crippen LogP contribution in [0.1, 0.15) is 63.5 Å². The predicted molar refractivity (Wildman–Crippen MR) is 167 cm³/mol. The van der Waals surface area contributed by atoms with Gasteiger partial charge in [0.1, 0.15) is 0 Å². The summed E-state index contributed by atoms with van der Waals surface area (Å²) < 4.78 is 12.7. The van der Waals surface area contributed by atoms with Gasteiger partial charge in [-0.15, -0.1) is 0 Å². The van der Waals surface area contributed by atoms with Gasteiger partial charge in [0.25, 0.3) is 0 Å². The van der Waals surface area contributed by atoms with Gasteiger partial charge in [0.15, 0.2) is 0 Å². The lowest BCUT2D eigenvalue weighted by atomic mass is 9.86. The first-order chi connectivity index (χ1) is 18.7. The van der Waals surface area contributed by atoms with Crippen molar-refractivity contribution in [2.75, 3.05) is 65.4 Å². The number of carbonyl (C=O) groups excluding carboxylic acids is 1. The van der Waals surface area contributed by atoms with Crippen LogP contribution in [0.3, 0.4) is 0 Å². The van der Waals surface area contributed by atoms with E-state index in [-0.39, 0.29) is 11.8 Å². The van der Waals surface area contributed by atoms with Crippen molar-refractivity contribution in [2.24, 2.45) is 17.8 Å². The third kappa shape index (κ3) is 16.5. The van der Waals surface area contributed by atoms with Crippen LogP contribution in [0.5, 0.6) is 0 Å². The highest BCUT2D eigenvalue weighted by Gasteiger charge is 2.24. The van der Waals surface area contributed by atoms with Crippen LogP contribution < -0.4 is 16.0 Å². The molecule has 0 radical (unpaired) electrons. The van der Waals surface area contributed by atoms with E-state index in [1.807, 2.05) is 19.0 Å². The highest BCUT2D eigenvalue weighted by atomic mass is 32.2. The zero-order valence-corrected chi connectivity index (χ0v) is 26.5. The number of aryl methyl sites for hydroxylation is 1. The molecule has 226 valence electrons. The van der Waals surface area contributed by atoms with Gasteiger partial charge in [-0.1, -0.05) is 56.5 Å². The van der Waals surface area contributed by atoms with Gasteiger partial charge in [0.05, 0.1) is 5.92 Å². The minimum absolute atomic E-state index is 0.0330. The molecule has 3 atom stereocenters. The highest BCUT2D eigenvalue weighted by molar-refractivity contribution is 7.85. The van der Waals surface area contributed by atoms with E-state index >= 15 is 0 Å². The molecule has 1 aromatic rings. The molecule has 1 fully saturated rings. The topological polar surface area (TPSA) is 93.7 Å². The van der Waals surface area contributed by atoms with Crippen LogP contribution in [-0.2, 0) is 22.0 Å². The van der Waals surface area contributed by atoms with Crippen LogP contribution in [-0.4, -0.2) is 91.6 Å². The van der Waals surface area contributed by atoms with Crippen LogP contribution >= 0.6 is 0 Å². The fourth-order valence-corrected chi connectivity index (χ4v) is 6.51. The van der Waals surface area contributed by atoms with Gasteiger partial charge in [0.2, 0.25) is 5.91 Å². The zero-order chi connectivity index (χ0) is 29.0. The van der Waals surface area contributed by atoms with Gasteiger partial charge < -0.3 is 26.0 Å². The Kier molecular flexibility index (Phi) is 19.6. The minimum Gasteiger partial charge on any atom is -0.400 e. The van der Waals surface area contributed by atoms with Crippen LogP contribution in [0.4, 0.5) is 0 Å². The summed E-state index contributed by atoms with van der Waals surface area (Å²) in [4.78, 5) is 15.2. The smallest absolute Gasteiger partial charge is 0.224 e. The molecule has 4 N–H and O–H groups in total. The zero-order valence-electron chi connectivity index (χ0n) is 25.6. The molecule has 39 heavy (non-hydrogen) atoms. The Hall–Kier alpha value is -1.32. The predicted octanol–water partition coefficient (Wildman–Crippen LogP) is 3.36. The Morgan fingerprint density at radius 1 is 1.08 bits per heavy atom. The van der Waals surface area contributed by atoms with Crippen LogP contribution in [0.25, 0.3) is 0 Å². The Morgan fingerprint density at radius 3 is 2.36 bits per heavy atom. The third-order valence-electron chi connectivity index (χ3n) is 7.44. The molecule has 1 aromatic carbocycles. The van der Waals surface area contributed by atoms with E-state index in [0.29, 0.717) is 30.5 Å². The number of rotatable bonds is 18. The number of nitrogens with one attached hydrogen (secondary N) is 3. The van der Waals surface area contributed by atoms with E-state index in [9.17, 15) is 9.00 Å². The second-order valence-electron chi connectivity index (χ2n) is 11.6. The average molecular weight is 567 g/mol. The number of piperidine rings is 1. The van der Waals surface area contributed by atoms with Crippen molar-refractivity contribution in [3.8, 4) is 0 Å². The average Bonchev–Trinajstić information content (AvgIpc) is 2.93. The normalized spacial score (nSPS) is 16.4.